The second kappa shape index (κ2) is 14.8. The van der Waals surface area contributed by atoms with Crippen LogP contribution in [0.1, 0.15) is 121 Å². The van der Waals surface area contributed by atoms with Crippen LogP contribution in [0.2, 0.25) is 0 Å². The first kappa shape index (κ1) is 39.4. The van der Waals surface area contributed by atoms with Crippen molar-refractivity contribution in [3.8, 4) is 11.5 Å². The highest BCUT2D eigenvalue weighted by Crippen LogP contribution is 2.52. The van der Waals surface area contributed by atoms with Crippen molar-refractivity contribution in [1.82, 2.24) is 25.2 Å². The van der Waals surface area contributed by atoms with Crippen LogP contribution >= 0.6 is 0 Å². The standard InChI is InChI=1S/C42H55N5O9S/c1-5-25(2)55-39(51)44-32-12-10-8-6-7-9-11-27-22-42(27,38(50)46-57(52,53)40(3)19-20-40)45-36(48)33-23-41(24-47(33)37(32)49)18-17-29-30-21-28(54-4)15-16-31(30)43-34(26-13-14-26)35(29)56-41/h9,11,15-16,21,25-27,32-33H,5-8,10,12-14,17-20,22-24H2,1-4H3,(H,44,51)(H,45,48)(H,46,50)/b11-9-/t25-,27+,32-,33-,41+,42?/m0/s1. The van der Waals surface area contributed by atoms with Gasteiger partial charge in [-0.1, -0.05) is 31.9 Å². The molecule has 3 aliphatic heterocycles. The number of rotatable bonds is 8. The summed E-state index contributed by atoms with van der Waals surface area (Å²) in [7, 11) is -2.36. The molecule has 4 amide bonds. The predicted molar refractivity (Wildman–Crippen MR) is 211 cm³/mol. The van der Waals surface area contributed by atoms with Gasteiger partial charge in [0.1, 0.15) is 40.8 Å². The van der Waals surface area contributed by atoms with E-state index in [-0.39, 0.29) is 31.4 Å². The molecule has 1 unspecified atom stereocenters. The Labute approximate surface area is 334 Å². The van der Waals surface area contributed by atoms with E-state index < -0.39 is 67.7 Å². The zero-order valence-electron chi connectivity index (χ0n) is 33.4. The van der Waals surface area contributed by atoms with Gasteiger partial charge in [-0.15, -0.1) is 0 Å². The molecule has 57 heavy (non-hydrogen) atoms. The number of carbonyl (C=O) groups is 4. The molecule has 0 bridgehead atoms. The van der Waals surface area contributed by atoms with Crippen molar-refractivity contribution in [2.75, 3.05) is 13.7 Å². The summed E-state index contributed by atoms with van der Waals surface area (Å²) >= 11 is 0. The molecule has 1 saturated heterocycles. The van der Waals surface area contributed by atoms with E-state index in [1.165, 1.54) is 4.90 Å². The number of methoxy groups -OCH3 is 1. The fraction of sp³-hybridized carbons (Fsp3) is 0.643. The highest BCUT2D eigenvalue weighted by Gasteiger charge is 2.64. The summed E-state index contributed by atoms with van der Waals surface area (Å²) in [4.78, 5) is 63.3. The lowest BCUT2D eigenvalue weighted by Gasteiger charge is -2.37. The van der Waals surface area contributed by atoms with E-state index in [0.29, 0.717) is 62.9 Å². The molecule has 6 atom stereocenters. The number of hydrogen-bond donors (Lipinski definition) is 3. The third-order valence-corrected chi connectivity index (χ3v) is 15.3. The maximum atomic E-state index is 14.8. The lowest BCUT2D eigenvalue weighted by Crippen LogP contribution is -2.58. The van der Waals surface area contributed by atoms with Gasteiger partial charge in [-0.05, 0) is 103 Å². The van der Waals surface area contributed by atoms with E-state index in [9.17, 15) is 27.6 Å². The van der Waals surface area contributed by atoms with Crippen LogP contribution in [0, 0.1) is 5.92 Å². The SMILES string of the molecule is CC[C@H](C)OC(=O)N[C@H]1CCCCC/C=C\[C@@H]2CC2(C(=O)NS(=O)(=O)C2(C)CC2)NC(=O)[C@@H]2C[C@]3(CCc4c(c(C5CC5)nc5ccc(OC)cc45)O3)CN2C1=O. The number of sulfonamides is 1. The van der Waals surface area contributed by atoms with Crippen LogP contribution in [0.3, 0.4) is 0 Å². The highest BCUT2D eigenvalue weighted by molar-refractivity contribution is 7.91. The molecule has 3 N–H and O–H groups in total. The van der Waals surface area contributed by atoms with Crippen LogP contribution in [-0.2, 0) is 35.6 Å². The predicted octanol–water partition coefficient (Wildman–Crippen LogP) is 5.07. The van der Waals surface area contributed by atoms with Crippen LogP contribution in [0.25, 0.3) is 10.9 Å². The lowest BCUT2D eigenvalue weighted by molar-refractivity contribution is -0.141. The van der Waals surface area contributed by atoms with Gasteiger partial charge in [0.25, 0.3) is 5.91 Å². The third-order valence-electron chi connectivity index (χ3n) is 13.2. The molecule has 3 aliphatic carbocycles. The molecule has 1 aromatic heterocycles. The minimum absolute atomic E-state index is 0.0669. The van der Waals surface area contributed by atoms with Gasteiger partial charge < -0.3 is 29.7 Å². The molecule has 2 aromatic rings. The van der Waals surface area contributed by atoms with Crippen molar-refractivity contribution in [2.45, 2.75) is 151 Å². The number of aryl methyl sites for hydroxylation is 1. The fourth-order valence-corrected chi connectivity index (χ4v) is 10.0. The van der Waals surface area contributed by atoms with Gasteiger partial charge in [0.05, 0.1) is 29.6 Å². The Kier molecular flexibility index (Phi) is 10.2. The Morgan fingerprint density at radius 3 is 2.61 bits per heavy atom. The molecular weight excluding hydrogens is 751 g/mol. The van der Waals surface area contributed by atoms with Crippen molar-refractivity contribution in [3.63, 3.8) is 0 Å². The molecule has 8 rings (SSSR count). The van der Waals surface area contributed by atoms with E-state index in [0.717, 1.165) is 47.8 Å². The third kappa shape index (κ3) is 7.56. The van der Waals surface area contributed by atoms with Gasteiger partial charge in [0.15, 0.2) is 0 Å². The fourth-order valence-electron chi connectivity index (χ4n) is 8.74. The average molecular weight is 806 g/mol. The minimum Gasteiger partial charge on any atom is -0.497 e. The number of allylic oxidation sites excluding steroid dienone is 1. The summed E-state index contributed by atoms with van der Waals surface area (Å²) in [5.74, 6) is -0.566. The Bertz CT molecular complexity index is 2120. The normalized spacial score (nSPS) is 30.6. The van der Waals surface area contributed by atoms with Gasteiger partial charge >= 0.3 is 6.09 Å². The second-order valence-electron chi connectivity index (χ2n) is 17.5. The van der Waals surface area contributed by atoms with Crippen molar-refractivity contribution < 1.29 is 41.8 Å². The first-order valence-corrected chi connectivity index (χ1v) is 22.2. The summed E-state index contributed by atoms with van der Waals surface area (Å²) < 4.78 is 46.0. The van der Waals surface area contributed by atoms with Crippen molar-refractivity contribution in [2.24, 2.45) is 5.92 Å². The molecule has 4 fully saturated rings. The minimum atomic E-state index is -3.99. The topological polar surface area (TPSA) is 182 Å². The second-order valence-corrected chi connectivity index (χ2v) is 19.7. The van der Waals surface area contributed by atoms with Gasteiger partial charge in [0.2, 0.25) is 21.8 Å². The zero-order chi connectivity index (χ0) is 40.3. The van der Waals surface area contributed by atoms with Crippen molar-refractivity contribution in [3.05, 3.63) is 41.6 Å². The molecule has 308 valence electrons. The summed E-state index contributed by atoms with van der Waals surface area (Å²) in [6, 6.07) is 3.78. The zero-order valence-corrected chi connectivity index (χ0v) is 34.2. The maximum absolute atomic E-state index is 14.8. The first-order chi connectivity index (χ1) is 27.2. The Hall–Kier alpha value is -4.40. The molecule has 14 nitrogen and oxygen atoms in total. The number of fused-ring (bicyclic) bond motifs is 5. The van der Waals surface area contributed by atoms with Gasteiger partial charge in [-0.25, -0.2) is 18.2 Å². The molecule has 6 aliphatic rings. The van der Waals surface area contributed by atoms with Gasteiger partial charge in [0, 0.05) is 29.2 Å². The number of nitrogens with zero attached hydrogens (tertiary/aromatic N) is 2. The highest BCUT2D eigenvalue weighted by atomic mass is 32.2. The molecule has 1 spiro atoms. The Balaban J connectivity index is 1.15. The largest absolute Gasteiger partial charge is 0.497 e. The maximum Gasteiger partial charge on any atom is 0.408 e. The number of pyridine rings is 1. The number of hydrogen-bond acceptors (Lipinski definition) is 10. The van der Waals surface area contributed by atoms with Crippen LogP contribution in [0.4, 0.5) is 4.79 Å². The van der Waals surface area contributed by atoms with Crippen LogP contribution < -0.4 is 24.8 Å². The number of aromatic nitrogens is 1. The Morgan fingerprint density at radius 2 is 1.89 bits per heavy atom. The van der Waals surface area contributed by atoms with Crippen LogP contribution in [-0.4, -0.2) is 89.8 Å². The van der Waals surface area contributed by atoms with E-state index in [4.69, 9.17) is 19.2 Å². The molecule has 1 aromatic carbocycles. The molecular formula is C42H55N5O9S. The molecule has 0 radical (unpaired) electrons. The summed E-state index contributed by atoms with van der Waals surface area (Å²) in [5.41, 5.74) is 0.279. The number of benzene rings is 1. The molecule has 4 heterocycles. The van der Waals surface area contributed by atoms with E-state index >= 15 is 0 Å². The smallest absolute Gasteiger partial charge is 0.408 e. The van der Waals surface area contributed by atoms with Crippen LogP contribution in [0.5, 0.6) is 11.5 Å². The summed E-state index contributed by atoms with van der Waals surface area (Å²) in [6.07, 6.45) is 11.0. The van der Waals surface area contributed by atoms with E-state index in [2.05, 4.69) is 15.4 Å². The van der Waals surface area contributed by atoms with Gasteiger partial charge in [-0.2, -0.15) is 0 Å². The lowest BCUT2D eigenvalue weighted by atomic mass is 9.86. The van der Waals surface area contributed by atoms with E-state index in [1.54, 1.807) is 21.0 Å². The quantitative estimate of drug-likeness (QED) is 0.305. The average Bonchev–Trinajstić information content (AvgIpc) is 4.12. The Morgan fingerprint density at radius 1 is 1.11 bits per heavy atom. The number of nitrogens with one attached hydrogen (secondary N) is 3. The van der Waals surface area contributed by atoms with Crippen molar-refractivity contribution >= 4 is 44.7 Å². The molecule has 3 saturated carbocycles. The number of alkyl carbamates (subject to hydrolysis) is 1. The van der Waals surface area contributed by atoms with Crippen LogP contribution in [0.15, 0.2) is 30.4 Å². The first-order valence-electron chi connectivity index (χ1n) is 20.7. The summed E-state index contributed by atoms with van der Waals surface area (Å²) in [6.45, 7) is 5.36. The monoisotopic (exact) mass is 805 g/mol. The van der Waals surface area contributed by atoms with Crippen molar-refractivity contribution in [1.29, 1.82) is 0 Å². The number of amides is 4. The summed E-state index contributed by atoms with van der Waals surface area (Å²) in [5, 5.41) is 6.73. The van der Waals surface area contributed by atoms with E-state index in [1.807, 2.05) is 37.3 Å². The number of ether oxygens (including phenoxy) is 3. The number of carbonyl (C=O) groups excluding carboxylic acids is 4. The molecule has 15 heteroatoms. The van der Waals surface area contributed by atoms with Gasteiger partial charge in [-0.3, -0.25) is 19.1 Å².